The fourth-order valence-corrected chi connectivity index (χ4v) is 18.8. The molecular weight excluding hydrogens is 357 g/mol. The zero-order valence-corrected chi connectivity index (χ0v) is 15.2. The SMILES string of the molecule is CCCC[Se]P([Se]CCCC)c1ccccc1. The van der Waals surface area contributed by atoms with E-state index < -0.39 is 0 Å². The molecule has 0 heterocycles. The molecule has 0 aliphatic heterocycles. The van der Waals surface area contributed by atoms with Gasteiger partial charge in [-0.15, -0.1) is 0 Å². The first-order valence-corrected chi connectivity index (χ1v) is 14.7. The van der Waals surface area contributed by atoms with Gasteiger partial charge in [0.15, 0.2) is 0 Å². The summed E-state index contributed by atoms with van der Waals surface area (Å²) in [6, 6.07) is 11.3. The summed E-state index contributed by atoms with van der Waals surface area (Å²) in [4.78, 5) is 0. The molecule has 1 aromatic carbocycles. The molecule has 0 radical (unpaired) electrons. The average molecular weight is 380 g/mol. The van der Waals surface area contributed by atoms with E-state index in [1.54, 1.807) is 5.30 Å². The van der Waals surface area contributed by atoms with Crippen LogP contribution in [0.25, 0.3) is 0 Å². The van der Waals surface area contributed by atoms with Gasteiger partial charge in [0.05, 0.1) is 0 Å². The van der Waals surface area contributed by atoms with E-state index in [0.717, 1.165) is 29.0 Å². The Labute approximate surface area is 120 Å². The quantitative estimate of drug-likeness (QED) is 0.337. The molecule has 0 saturated carbocycles. The van der Waals surface area contributed by atoms with Gasteiger partial charge in [-0.2, -0.15) is 0 Å². The van der Waals surface area contributed by atoms with E-state index in [0.29, 0.717) is 0 Å². The van der Waals surface area contributed by atoms with Crippen LogP contribution < -0.4 is 5.30 Å². The van der Waals surface area contributed by atoms with Crippen LogP contribution in [0.3, 0.4) is 0 Å². The molecule has 0 N–H and O–H groups in total. The van der Waals surface area contributed by atoms with Crippen molar-refractivity contribution >= 4 is 39.6 Å². The molecule has 0 amide bonds. The van der Waals surface area contributed by atoms with Crippen molar-refractivity contribution in [1.82, 2.24) is 0 Å². The van der Waals surface area contributed by atoms with Gasteiger partial charge < -0.3 is 0 Å². The molecule has 0 aliphatic rings. The molecule has 0 nitrogen and oxygen atoms in total. The topological polar surface area (TPSA) is 0 Å². The molecular formula is C14H23PSe2. The molecule has 17 heavy (non-hydrogen) atoms. The van der Waals surface area contributed by atoms with Crippen LogP contribution in [0.2, 0.25) is 10.6 Å². The van der Waals surface area contributed by atoms with Crippen molar-refractivity contribution in [2.24, 2.45) is 0 Å². The standard InChI is InChI=1S/C14H23PSe2/c1-3-5-12-16-15(17-13-6-4-2)14-10-8-7-9-11-14/h7-11H,3-6,12-13H2,1-2H3. The third kappa shape index (κ3) is 6.99. The first kappa shape index (κ1) is 15.7. The maximum atomic E-state index is 2.37. The fourth-order valence-electron chi connectivity index (χ4n) is 1.32. The summed E-state index contributed by atoms with van der Waals surface area (Å²) in [6.45, 7) is 4.62. The third-order valence-corrected chi connectivity index (χ3v) is 19.9. The van der Waals surface area contributed by atoms with Gasteiger partial charge in [-0.25, -0.2) is 0 Å². The van der Waals surface area contributed by atoms with Crippen LogP contribution in [-0.2, 0) is 0 Å². The van der Waals surface area contributed by atoms with Crippen LogP contribution in [0.15, 0.2) is 30.3 Å². The summed E-state index contributed by atoms with van der Waals surface area (Å²) >= 11 is 1.78. The summed E-state index contributed by atoms with van der Waals surface area (Å²) < 4.78 is 0. The van der Waals surface area contributed by atoms with E-state index in [1.165, 1.54) is 36.3 Å². The van der Waals surface area contributed by atoms with Crippen LogP contribution >= 0.6 is 5.30 Å². The first-order valence-electron chi connectivity index (χ1n) is 6.49. The van der Waals surface area contributed by atoms with Gasteiger partial charge in [-0.3, -0.25) is 0 Å². The average Bonchev–Trinajstić information content (AvgIpc) is 2.38. The maximum absolute atomic E-state index is 2.37. The van der Waals surface area contributed by atoms with Crippen molar-refractivity contribution in [1.29, 1.82) is 0 Å². The molecule has 0 aromatic heterocycles. The zero-order chi connectivity index (χ0) is 12.3. The molecule has 0 spiro atoms. The second-order valence-electron chi connectivity index (χ2n) is 3.97. The van der Waals surface area contributed by atoms with Crippen LogP contribution in [0.4, 0.5) is 0 Å². The van der Waals surface area contributed by atoms with Gasteiger partial charge in [-0.05, 0) is 0 Å². The predicted molar refractivity (Wildman–Crippen MR) is 83.9 cm³/mol. The van der Waals surface area contributed by atoms with Gasteiger partial charge in [0, 0.05) is 0 Å². The van der Waals surface area contributed by atoms with E-state index in [-0.39, 0.29) is 5.30 Å². The van der Waals surface area contributed by atoms with Crippen molar-refractivity contribution < 1.29 is 0 Å². The minimum absolute atomic E-state index is 0.246. The third-order valence-electron chi connectivity index (χ3n) is 2.38. The van der Waals surface area contributed by atoms with E-state index in [1.807, 2.05) is 0 Å². The van der Waals surface area contributed by atoms with Gasteiger partial charge >= 0.3 is 120 Å². The van der Waals surface area contributed by atoms with Crippen LogP contribution in [-0.4, -0.2) is 29.0 Å². The van der Waals surface area contributed by atoms with E-state index in [4.69, 9.17) is 0 Å². The van der Waals surface area contributed by atoms with Crippen LogP contribution in [0.1, 0.15) is 39.5 Å². The fraction of sp³-hybridized carbons (Fsp3) is 0.571. The summed E-state index contributed by atoms with van der Waals surface area (Å²) in [6.07, 6.45) is 5.61. The van der Waals surface area contributed by atoms with Gasteiger partial charge in [0.25, 0.3) is 0 Å². The normalized spacial score (nSPS) is 11.0. The van der Waals surface area contributed by atoms with Crippen molar-refractivity contribution in [2.45, 2.75) is 50.2 Å². The number of hydrogen-bond donors (Lipinski definition) is 0. The van der Waals surface area contributed by atoms with Crippen molar-refractivity contribution in [3.63, 3.8) is 0 Å². The Bertz CT molecular complexity index is 267. The molecule has 0 aliphatic carbocycles. The van der Waals surface area contributed by atoms with Crippen LogP contribution in [0.5, 0.6) is 0 Å². The van der Waals surface area contributed by atoms with E-state index in [9.17, 15) is 0 Å². The molecule has 1 rings (SSSR count). The molecule has 3 heteroatoms. The summed E-state index contributed by atoms with van der Waals surface area (Å²) in [5.74, 6) is 0. The Morgan fingerprint density at radius 1 is 0.882 bits per heavy atom. The monoisotopic (exact) mass is 382 g/mol. The molecule has 96 valence electrons. The number of hydrogen-bond acceptors (Lipinski definition) is 0. The number of rotatable bonds is 9. The summed E-state index contributed by atoms with van der Waals surface area (Å²) in [5, 5.41) is 4.92. The molecule has 0 saturated heterocycles. The van der Waals surface area contributed by atoms with E-state index >= 15 is 0 Å². The summed E-state index contributed by atoms with van der Waals surface area (Å²) in [7, 11) is 0. The second kappa shape index (κ2) is 10.6. The molecule has 0 unspecified atom stereocenters. The first-order chi connectivity index (χ1) is 8.38. The molecule has 0 fully saturated rings. The number of unbranched alkanes of at least 4 members (excludes halogenated alkanes) is 2. The Morgan fingerprint density at radius 3 is 1.88 bits per heavy atom. The Hall–Kier alpha value is 0.689. The summed E-state index contributed by atoms with van der Waals surface area (Å²) in [5.41, 5.74) is 0. The van der Waals surface area contributed by atoms with Gasteiger partial charge in [0.2, 0.25) is 0 Å². The van der Waals surface area contributed by atoms with Gasteiger partial charge in [-0.1, -0.05) is 0 Å². The predicted octanol–water partition coefficient (Wildman–Crippen LogP) is 4.47. The minimum atomic E-state index is 0.246. The van der Waals surface area contributed by atoms with Crippen molar-refractivity contribution in [3.8, 4) is 0 Å². The number of benzene rings is 1. The van der Waals surface area contributed by atoms with Crippen LogP contribution in [0, 0.1) is 0 Å². The Kier molecular flexibility index (Phi) is 9.81. The Balaban J connectivity index is 2.46. The van der Waals surface area contributed by atoms with E-state index in [2.05, 4.69) is 44.2 Å². The van der Waals surface area contributed by atoms with Crippen molar-refractivity contribution in [3.05, 3.63) is 30.3 Å². The molecule has 1 aromatic rings. The molecule has 0 atom stereocenters. The Morgan fingerprint density at radius 2 is 1.41 bits per heavy atom. The molecule has 0 bridgehead atoms. The second-order valence-corrected chi connectivity index (χ2v) is 18.6. The zero-order valence-electron chi connectivity index (χ0n) is 10.9. The van der Waals surface area contributed by atoms with Crippen molar-refractivity contribution in [2.75, 3.05) is 0 Å². The van der Waals surface area contributed by atoms with Gasteiger partial charge in [0.1, 0.15) is 0 Å².